The fraction of sp³-hybridized carbons (Fsp3) is 0.559. The number of amides is 4. The molecule has 1 aromatic rings. The number of allylic oxidation sites excluding steroid dienone is 3. The van der Waals surface area contributed by atoms with Crippen LogP contribution >= 0.6 is 0 Å². The molecule has 8 nitrogen and oxygen atoms in total. The Morgan fingerprint density at radius 3 is 2.38 bits per heavy atom. The zero-order valence-electron chi connectivity index (χ0n) is 26.4. The van der Waals surface area contributed by atoms with Crippen molar-refractivity contribution >= 4 is 23.5 Å². The summed E-state index contributed by atoms with van der Waals surface area (Å²) in [6, 6.07) is 7.42. The second-order valence-corrected chi connectivity index (χ2v) is 11.9. The van der Waals surface area contributed by atoms with Crippen molar-refractivity contribution < 1.29 is 23.9 Å². The molecular formula is C34H49N3O5. The van der Waals surface area contributed by atoms with Gasteiger partial charge in [0.15, 0.2) is 6.79 Å². The molecule has 0 N–H and O–H groups in total. The summed E-state index contributed by atoms with van der Waals surface area (Å²) in [5.74, 6) is -0.841. The zero-order valence-corrected chi connectivity index (χ0v) is 26.4. The summed E-state index contributed by atoms with van der Waals surface area (Å²) in [5.41, 5.74) is 2.99. The van der Waals surface area contributed by atoms with Gasteiger partial charge >= 0.3 is 6.03 Å². The van der Waals surface area contributed by atoms with Gasteiger partial charge in [0.1, 0.15) is 5.57 Å². The number of fused-ring (bicyclic) bond motifs is 1. The quantitative estimate of drug-likeness (QED) is 0.0695. The first kappa shape index (κ1) is 33.1. The van der Waals surface area contributed by atoms with Crippen LogP contribution in [-0.2, 0) is 24.5 Å². The number of nitrogens with zero attached hydrogens (tertiary/aromatic N) is 3. The molecule has 0 radical (unpaired) electrons. The van der Waals surface area contributed by atoms with E-state index in [4.69, 9.17) is 9.47 Å². The number of anilines is 1. The predicted octanol–water partition coefficient (Wildman–Crippen LogP) is 6.92. The Morgan fingerprint density at radius 1 is 0.976 bits per heavy atom. The van der Waals surface area contributed by atoms with Gasteiger partial charge < -0.3 is 14.4 Å². The van der Waals surface area contributed by atoms with Crippen LogP contribution in [0.2, 0.25) is 0 Å². The summed E-state index contributed by atoms with van der Waals surface area (Å²) in [7, 11) is 0. The third-order valence-electron chi connectivity index (χ3n) is 8.26. The number of benzene rings is 1. The lowest BCUT2D eigenvalue weighted by Crippen LogP contribution is -2.59. The topological polar surface area (TPSA) is 79.4 Å². The molecule has 1 atom stereocenters. The van der Waals surface area contributed by atoms with Gasteiger partial charge in [0.25, 0.3) is 11.8 Å². The number of para-hydroxylation sites is 1. The lowest BCUT2D eigenvalue weighted by molar-refractivity contribution is -0.137. The molecule has 1 aromatic carbocycles. The van der Waals surface area contributed by atoms with Crippen molar-refractivity contribution in [2.24, 2.45) is 5.92 Å². The number of imide groups is 2. The van der Waals surface area contributed by atoms with Crippen LogP contribution in [0.25, 0.3) is 0 Å². The van der Waals surface area contributed by atoms with E-state index in [2.05, 4.69) is 51.3 Å². The van der Waals surface area contributed by atoms with Gasteiger partial charge in [-0.15, -0.1) is 0 Å². The zero-order chi connectivity index (χ0) is 30.9. The van der Waals surface area contributed by atoms with Gasteiger partial charge in [-0.1, -0.05) is 71.7 Å². The molecule has 3 rings (SSSR count). The van der Waals surface area contributed by atoms with Gasteiger partial charge in [0.05, 0.1) is 12.9 Å². The first-order valence-electron chi connectivity index (χ1n) is 15.4. The standard InChI is InChI=1S/C34H49N3O5/c1-8-11-16-26(9-2)23-36-31(38)27(32(39)37(25(4)5)33(36)40)19-20-30-34(6,7)28-17-12-13-18-29(28)35(30)21-14-15-22-42-24-41-10-3/h10,12-13,17-20,25-26H,3,8-9,11,14-16,21-24H2,1-2,4-7H3/b27-19-,30-20-. The third kappa shape index (κ3) is 7.33. The summed E-state index contributed by atoms with van der Waals surface area (Å²) in [6.07, 6.45) is 10.5. The summed E-state index contributed by atoms with van der Waals surface area (Å²) in [4.78, 5) is 45.5. The van der Waals surface area contributed by atoms with Crippen LogP contribution in [0.5, 0.6) is 0 Å². The Morgan fingerprint density at radius 2 is 1.71 bits per heavy atom. The fourth-order valence-electron chi connectivity index (χ4n) is 5.78. The van der Waals surface area contributed by atoms with E-state index in [0.29, 0.717) is 13.2 Å². The highest BCUT2D eigenvalue weighted by Crippen LogP contribution is 2.47. The maximum absolute atomic E-state index is 13.7. The van der Waals surface area contributed by atoms with Gasteiger partial charge in [0.2, 0.25) is 0 Å². The van der Waals surface area contributed by atoms with Crippen LogP contribution in [0.3, 0.4) is 0 Å². The largest absolute Gasteiger partial charge is 0.476 e. The number of carbonyl (C=O) groups excluding carboxylic acids is 3. The normalized spacial score (nSPS) is 19.3. The molecule has 0 saturated carbocycles. The minimum absolute atomic E-state index is 0.0310. The van der Waals surface area contributed by atoms with Crippen molar-refractivity contribution in [3.63, 3.8) is 0 Å². The van der Waals surface area contributed by atoms with E-state index >= 15 is 0 Å². The second-order valence-electron chi connectivity index (χ2n) is 11.9. The van der Waals surface area contributed by atoms with E-state index in [1.807, 2.05) is 18.2 Å². The van der Waals surface area contributed by atoms with Crippen LogP contribution in [0.15, 0.2) is 60.5 Å². The van der Waals surface area contributed by atoms with E-state index in [1.54, 1.807) is 19.9 Å². The van der Waals surface area contributed by atoms with Crippen LogP contribution in [0.1, 0.15) is 85.6 Å². The Kier molecular flexibility index (Phi) is 12.0. The monoisotopic (exact) mass is 579 g/mol. The van der Waals surface area contributed by atoms with E-state index in [9.17, 15) is 14.4 Å². The molecule has 2 aliphatic heterocycles. The Labute approximate surface area is 252 Å². The van der Waals surface area contributed by atoms with Crippen molar-refractivity contribution in [2.45, 2.75) is 91.5 Å². The highest BCUT2D eigenvalue weighted by molar-refractivity contribution is 6.29. The Bertz CT molecular complexity index is 1190. The van der Waals surface area contributed by atoms with Crippen molar-refractivity contribution in [2.75, 3.05) is 31.4 Å². The summed E-state index contributed by atoms with van der Waals surface area (Å²) in [6.45, 7) is 17.5. The van der Waals surface area contributed by atoms with Crippen LogP contribution in [0, 0.1) is 5.92 Å². The SMILES string of the molecule is C=COCOCCCCN1/C(=C\C=C2\C(=O)N(CC(CC)CCCC)C(=O)N(C(C)C)C2=O)C(C)(C)c2ccccc21. The minimum atomic E-state index is -0.534. The smallest absolute Gasteiger partial charge is 0.334 e. The molecular weight excluding hydrogens is 530 g/mol. The number of unbranched alkanes of at least 4 members (excludes halogenated alkanes) is 2. The molecule has 0 bridgehead atoms. The number of rotatable bonds is 16. The maximum Gasteiger partial charge on any atom is 0.334 e. The fourth-order valence-corrected chi connectivity index (χ4v) is 5.78. The Hall–Kier alpha value is -3.39. The first-order valence-corrected chi connectivity index (χ1v) is 15.4. The van der Waals surface area contributed by atoms with E-state index < -0.39 is 17.8 Å². The molecule has 230 valence electrons. The van der Waals surface area contributed by atoms with Crippen molar-refractivity contribution in [3.05, 3.63) is 66.1 Å². The maximum atomic E-state index is 13.7. The molecule has 1 unspecified atom stereocenters. The number of urea groups is 1. The van der Waals surface area contributed by atoms with Gasteiger partial charge in [-0.05, 0) is 62.8 Å². The average molecular weight is 580 g/mol. The molecule has 0 aromatic heterocycles. The van der Waals surface area contributed by atoms with Crippen LogP contribution in [-0.4, -0.2) is 60.2 Å². The van der Waals surface area contributed by atoms with Gasteiger partial charge in [-0.3, -0.25) is 19.4 Å². The number of ether oxygens (including phenoxy) is 2. The lowest BCUT2D eigenvalue weighted by atomic mass is 9.83. The number of barbiturate groups is 1. The molecule has 2 aliphatic rings. The van der Waals surface area contributed by atoms with Crippen molar-refractivity contribution in [3.8, 4) is 0 Å². The highest BCUT2D eigenvalue weighted by Gasteiger charge is 2.44. The van der Waals surface area contributed by atoms with E-state index in [0.717, 1.165) is 56.5 Å². The Balaban J connectivity index is 1.94. The van der Waals surface area contributed by atoms with E-state index in [1.165, 1.54) is 21.6 Å². The molecule has 0 aliphatic carbocycles. The van der Waals surface area contributed by atoms with Gasteiger partial charge in [-0.25, -0.2) is 4.79 Å². The van der Waals surface area contributed by atoms with Crippen LogP contribution in [0.4, 0.5) is 10.5 Å². The van der Waals surface area contributed by atoms with Crippen LogP contribution < -0.4 is 4.90 Å². The van der Waals surface area contributed by atoms with Crippen molar-refractivity contribution in [1.82, 2.24) is 9.80 Å². The molecule has 2 heterocycles. The summed E-state index contributed by atoms with van der Waals surface area (Å²) in [5, 5.41) is 0. The first-order chi connectivity index (χ1) is 20.1. The van der Waals surface area contributed by atoms with Gasteiger partial charge in [-0.2, -0.15) is 0 Å². The summed E-state index contributed by atoms with van der Waals surface area (Å²) >= 11 is 0. The number of hydrogen-bond donors (Lipinski definition) is 0. The van der Waals surface area contributed by atoms with Crippen molar-refractivity contribution in [1.29, 1.82) is 0 Å². The molecule has 1 saturated heterocycles. The molecule has 0 spiro atoms. The lowest BCUT2D eigenvalue weighted by Gasteiger charge is -2.37. The second kappa shape index (κ2) is 15.2. The average Bonchev–Trinajstić information content (AvgIpc) is 3.17. The van der Waals surface area contributed by atoms with Gasteiger partial charge in [0, 0.05) is 35.9 Å². The molecule has 8 heteroatoms. The number of hydrogen-bond acceptors (Lipinski definition) is 6. The molecule has 42 heavy (non-hydrogen) atoms. The minimum Gasteiger partial charge on any atom is -0.476 e. The highest BCUT2D eigenvalue weighted by atomic mass is 16.7. The third-order valence-corrected chi connectivity index (χ3v) is 8.26. The molecule has 4 amide bonds. The predicted molar refractivity (Wildman–Crippen MR) is 167 cm³/mol. The summed E-state index contributed by atoms with van der Waals surface area (Å²) < 4.78 is 10.5. The van der Waals surface area contributed by atoms with E-state index in [-0.39, 0.29) is 29.7 Å². The molecule has 1 fully saturated rings. The number of carbonyl (C=O) groups is 3.